The monoisotopic (exact) mass is 240 g/mol. The minimum Gasteiger partial charge on any atom is -0.494 e. The van der Waals surface area contributed by atoms with E-state index in [9.17, 15) is 0 Å². The van der Waals surface area contributed by atoms with Gasteiger partial charge in [0.15, 0.2) is 0 Å². The molecule has 0 atom stereocenters. The van der Waals surface area contributed by atoms with Crippen molar-refractivity contribution in [1.82, 2.24) is 4.98 Å². The molecular weight excluding hydrogens is 224 g/mol. The SMILES string of the molecule is COc1ccccc1N=C(C)c1ncccc1C. The third kappa shape index (κ3) is 2.56. The van der Waals surface area contributed by atoms with Gasteiger partial charge in [0.1, 0.15) is 11.4 Å². The number of aryl methyl sites for hydroxylation is 1. The van der Waals surface area contributed by atoms with Crippen LogP contribution in [0.5, 0.6) is 5.75 Å². The van der Waals surface area contributed by atoms with Crippen molar-refractivity contribution in [3.63, 3.8) is 0 Å². The molecule has 18 heavy (non-hydrogen) atoms. The van der Waals surface area contributed by atoms with Gasteiger partial charge in [-0.1, -0.05) is 18.2 Å². The normalized spacial score (nSPS) is 11.4. The van der Waals surface area contributed by atoms with E-state index in [4.69, 9.17) is 4.74 Å². The molecule has 1 aromatic heterocycles. The summed E-state index contributed by atoms with van der Waals surface area (Å²) < 4.78 is 5.28. The second-order valence-electron chi connectivity index (χ2n) is 4.04. The molecule has 0 spiro atoms. The summed E-state index contributed by atoms with van der Waals surface area (Å²) in [7, 11) is 1.65. The van der Waals surface area contributed by atoms with Crippen LogP contribution in [0.3, 0.4) is 0 Å². The average molecular weight is 240 g/mol. The van der Waals surface area contributed by atoms with Crippen molar-refractivity contribution in [3.05, 3.63) is 53.9 Å². The Kier molecular flexibility index (Phi) is 3.72. The molecule has 2 aromatic rings. The first kappa shape index (κ1) is 12.3. The molecule has 0 aliphatic rings. The number of rotatable bonds is 3. The van der Waals surface area contributed by atoms with Crippen molar-refractivity contribution in [3.8, 4) is 5.75 Å². The fourth-order valence-electron chi connectivity index (χ4n) is 1.82. The smallest absolute Gasteiger partial charge is 0.144 e. The molecule has 92 valence electrons. The molecule has 0 aliphatic heterocycles. The third-order valence-electron chi connectivity index (χ3n) is 2.73. The maximum Gasteiger partial charge on any atom is 0.144 e. The minimum absolute atomic E-state index is 0.769. The quantitative estimate of drug-likeness (QED) is 0.769. The Bertz CT molecular complexity index is 576. The molecule has 0 saturated carbocycles. The van der Waals surface area contributed by atoms with Gasteiger partial charge >= 0.3 is 0 Å². The lowest BCUT2D eigenvalue weighted by Gasteiger charge is -2.06. The van der Waals surface area contributed by atoms with Crippen molar-refractivity contribution in [2.45, 2.75) is 13.8 Å². The number of ether oxygens (including phenoxy) is 1. The largest absolute Gasteiger partial charge is 0.494 e. The second kappa shape index (κ2) is 5.45. The highest BCUT2D eigenvalue weighted by Gasteiger charge is 2.05. The summed E-state index contributed by atoms with van der Waals surface area (Å²) in [5, 5.41) is 0. The Morgan fingerprint density at radius 3 is 2.67 bits per heavy atom. The van der Waals surface area contributed by atoms with Crippen LogP contribution in [0.1, 0.15) is 18.2 Å². The summed E-state index contributed by atoms with van der Waals surface area (Å²) >= 11 is 0. The first-order valence-corrected chi connectivity index (χ1v) is 5.82. The van der Waals surface area contributed by atoms with Crippen LogP contribution in [0.15, 0.2) is 47.6 Å². The van der Waals surface area contributed by atoms with E-state index in [2.05, 4.69) is 9.98 Å². The first-order valence-electron chi connectivity index (χ1n) is 5.82. The predicted molar refractivity (Wildman–Crippen MR) is 73.8 cm³/mol. The summed E-state index contributed by atoms with van der Waals surface area (Å²) in [5.74, 6) is 0.769. The molecule has 0 amide bonds. The standard InChI is InChI=1S/C15H16N2O/c1-11-7-6-10-16-15(11)12(2)17-13-8-4-5-9-14(13)18-3/h4-10H,1-3H3. The number of nitrogens with zero attached hydrogens (tertiary/aromatic N) is 2. The number of benzene rings is 1. The molecule has 2 rings (SSSR count). The summed E-state index contributed by atoms with van der Waals surface area (Å²) in [6, 6.07) is 11.7. The summed E-state index contributed by atoms with van der Waals surface area (Å²) in [5.41, 5.74) is 3.75. The Balaban J connectivity index is 2.42. The maximum absolute atomic E-state index is 5.28. The number of hydrogen-bond donors (Lipinski definition) is 0. The Morgan fingerprint density at radius 1 is 1.17 bits per heavy atom. The molecule has 0 saturated heterocycles. The first-order chi connectivity index (χ1) is 8.72. The lowest BCUT2D eigenvalue weighted by Crippen LogP contribution is -2.00. The molecule has 0 unspecified atom stereocenters. The fraction of sp³-hybridized carbons (Fsp3) is 0.200. The van der Waals surface area contributed by atoms with Gasteiger partial charge in [-0.15, -0.1) is 0 Å². The molecule has 1 aromatic carbocycles. The van der Waals surface area contributed by atoms with Crippen molar-refractivity contribution in [2.75, 3.05) is 7.11 Å². The maximum atomic E-state index is 5.28. The zero-order valence-electron chi connectivity index (χ0n) is 10.8. The van der Waals surface area contributed by atoms with E-state index >= 15 is 0 Å². The summed E-state index contributed by atoms with van der Waals surface area (Å²) in [6.45, 7) is 3.99. The molecule has 0 aliphatic carbocycles. The van der Waals surface area contributed by atoms with Crippen LogP contribution in [0.2, 0.25) is 0 Å². The van der Waals surface area contributed by atoms with Crippen LogP contribution in [0.25, 0.3) is 0 Å². The Hall–Kier alpha value is -2.16. The van der Waals surface area contributed by atoms with Gasteiger partial charge < -0.3 is 4.74 Å². The molecule has 0 bridgehead atoms. The van der Waals surface area contributed by atoms with Crippen LogP contribution in [-0.4, -0.2) is 17.8 Å². The van der Waals surface area contributed by atoms with Crippen LogP contribution in [0.4, 0.5) is 5.69 Å². The summed E-state index contributed by atoms with van der Waals surface area (Å²) in [4.78, 5) is 8.95. The zero-order valence-corrected chi connectivity index (χ0v) is 10.8. The Labute approximate surface area is 107 Å². The van der Waals surface area contributed by atoms with E-state index in [0.717, 1.165) is 28.4 Å². The van der Waals surface area contributed by atoms with Gasteiger partial charge in [0.05, 0.1) is 18.5 Å². The molecule has 3 heteroatoms. The van der Waals surface area contributed by atoms with Crippen molar-refractivity contribution >= 4 is 11.4 Å². The van der Waals surface area contributed by atoms with Crippen LogP contribution >= 0.6 is 0 Å². The lowest BCUT2D eigenvalue weighted by atomic mass is 10.1. The van der Waals surface area contributed by atoms with Gasteiger partial charge in [0, 0.05) is 6.20 Å². The van der Waals surface area contributed by atoms with E-state index in [1.165, 1.54) is 0 Å². The number of aliphatic imine (C=N–C) groups is 1. The fourth-order valence-corrected chi connectivity index (χ4v) is 1.82. The second-order valence-corrected chi connectivity index (χ2v) is 4.04. The highest BCUT2D eigenvalue weighted by molar-refractivity contribution is 6.00. The molecule has 0 radical (unpaired) electrons. The van der Waals surface area contributed by atoms with E-state index in [-0.39, 0.29) is 0 Å². The molecule has 3 nitrogen and oxygen atoms in total. The van der Waals surface area contributed by atoms with Gasteiger partial charge in [0.25, 0.3) is 0 Å². The van der Waals surface area contributed by atoms with Crippen LogP contribution in [0, 0.1) is 6.92 Å². The number of methoxy groups -OCH3 is 1. The number of para-hydroxylation sites is 2. The molecule has 0 N–H and O–H groups in total. The van der Waals surface area contributed by atoms with Crippen LogP contribution < -0.4 is 4.74 Å². The van der Waals surface area contributed by atoms with Crippen molar-refractivity contribution in [1.29, 1.82) is 0 Å². The van der Waals surface area contributed by atoms with Gasteiger partial charge in [-0.25, -0.2) is 4.99 Å². The average Bonchev–Trinajstić information content (AvgIpc) is 2.39. The van der Waals surface area contributed by atoms with Gasteiger partial charge in [-0.3, -0.25) is 4.98 Å². The molecule has 0 fully saturated rings. The molecule has 1 heterocycles. The number of pyridine rings is 1. The molecular formula is C15H16N2O. The van der Waals surface area contributed by atoms with Crippen molar-refractivity contribution in [2.24, 2.45) is 4.99 Å². The van der Waals surface area contributed by atoms with E-state index in [1.54, 1.807) is 13.3 Å². The van der Waals surface area contributed by atoms with Gasteiger partial charge in [-0.05, 0) is 37.6 Å². The van der Waals surface area contributed by atoms with E-state index < -0.39 is 0 Å². The Morgan fingerprint density at radius 2 is 1.94 bits per heavy atom. The number of hydrogen-bond acceptors (Lipinski definition) is 3. The highest BCUT2D eigenvalue weighted by Crippen LogP contribution is 2.27. The minimum atomic E-state index is 0.769. The lowest BCUT2D eigenvalue weighted by molar-refractivity contribution is 0.416. The van der Waals surface area contributed by atoms with E-state index in [0.29, 0.717) is 0 Å². The zero-order chi connectivity index (χ0) is 13.0. The van der Waals surface area contributed by atoms with Crippen molar-refractivity contribution < 1.29 is 4.74 Å². The van der Waals surface area contributed by atoms with Gasteiger partial charge in [0.2, 0.25) is 0 Å². The predicted octanol–water partition coefficient (Wildman–Crippen LogP) is 3.54. The third-order valence-corrected chi connectivity index (χ3v) is 2.73. The highest BCUT2D eigenvalue weighted by atomic mass is 16.5. The summed E-state index contributed by atoms with van der Waals surface area (Å²) in [6.07, 6.45) is 1.78. The van der Waals surface area contributed by atoms with Crippen LogP contribution in [-0.2, 0) is 0 Å². The van der Waals surface area contributed by atoms with E-state index in [1.807, 2.05) is 50.2 Å². The topological polar surface area (TPSA) is 34.5 Å². The number of aromatic nitrogens is 1. The van der Waals surface area contributed by atoms with Gasteiger partial charge in [-0.2, -0.15) is 0 Å².